The fourth-order valence-corrected chi connectivity index (χ4v) is 2.04. The Labute approximate surface area is 103 Å². The molecule has 2 rings (SSSR count). The Bertz CT molecular complexity index is 433. The van der Waals surface area contributed by atoms with E-state index in [-0.39, 0.29) is 0 Å². The summed E-state index contributed by atoms with van der Waals surface area (Å²) in [6, 6.07) is 7.67. The van der Waals surface area contributed by atoms with Crippen molar-refractivity contribution in [2.75, 3.05) is 17.6 Å². The molecule has 0 atom stereocenters. The molecule has 0 aliphatic rings. The second kappa shape index (κ2) is 5.82. The van der Waals surface area contributed by atoms with Crippen molar-refractivity contribution < 1.29 is 4.42 Å². The molecule has 2 aromatic rings. The Morgan fingerprint density at radius 1 is 1.44 bits per heavy atom. The van der Waals surface area contributed by atoms with Gasteiger partial charge < -0.3 is 9.73 Å². The number of oxazole rings is 1. The molecule has 1 N–H and O–H groups in total. The third kappa shape index (κ3) is 3.47. The molecule has 0 spiro atoms. The molecule has 84 valence electrons. The summed E-state index contributed by atoms with van der Waals surface area (Å²) in [7, 11) is 0. The topological polar surface area (TPSA) is 38.1 Å². The van der Waals surface area contributed by atoms with Crippen LogP contribution in [0.15, 0.2) is 46.4 Å². The second-order valence-electron chi connectivity index (χ2n) is 3.08. The Morgan fingerprint density at radius 3 is 3.12 bits per heavy atom. The van der Waals surface area contributed by atoms with Crippen LogP contribution in [0.3, 0.4) is 0 Å². The van der Waals surface area contributed by atoms with Crippen LogP contribution in [0.1, 0.15) is 0 Å². The van der Waals surface area contributed by atoms with E-state index in [1.54, 1.807) is 24.2 Å². The van der Waals surface area contributed by atoms with Crippen LogP contribution >= 0.6 is 23.4 Å². The average Bonchev–Trinajstić information content (AvgIpc) is 2.77. The molecular weight excluding hydrogens is 244 g/mol. The summed E-state index contributed by atoms with van der Waals surface area (Å²) in [4.78, 5) is 4.02. The molecule has 0 amide bonds. The fourth-order valence-electron chi connectivity index (χ4n) is 1.21. The van der Waals surface area contributed by atoms with E-state index in [0.717, 1.165) is 23.0 Å². The number of benzene rings is 1. The summed E-state index contributed by atoms with van der Waals surface area (Å²) in [6.07, 6.45) is 3.22. The van der Waals surface area contributed by atoms with E-state index >= 15 is 0 Å². The van der Waals surface area contributed by atoms with Crippen LogP contribution in [0.5, 0.6) is 0 Å². The van der Waals surface area contributed by atoms with Crippen LogP contribution < -0.4 is 5.32 Å². The molecule has 0 bridgehead atoms. The smallest absolute Gasteiger partial charge is 0.255 e. The van der Waals surface area contributed by atoms with Crippen molar-refractivity contribution >= 4 is 29.1 Å². The third-order valence-corrected chi connectivity index (χ3v) is 2.98. The van der Waals surface area contributed by atoms with Gasteiger partial charge in [0.2, 0.25) is 0 Å². The minimum atomic E-state index is 0.702. The summed E-state index contributed by atoms with van der Waals surface area (Å²) in [6.45, 7) is 0.841. The van der Waals surface area contributed by atoms with Gasteiger partial charge in [-0.1, -0.05) is 29.4 Å². The summed E-state index contributed by atoms with van der Waals surface area (Å²) >= 11 is 7.45. The lowest BCUT2D eigenvalue weighted by atomic mass is 10.3. The van der Waals surface area contributed by atoms with E-state index in [0.29, 0.717) is 5.22 Å². The lowest BCUT2D eigenvalue weighted by Crippen LogP contribution is -2.03. The maximum Gasteiger partial charge on any atom is 0.255 e. The van der Waals surface area contributed by atoms with Gasteiger partial charge in [-0.25, -0.2) is 4.98 Å². The number of aromatic nitrogens is 1. The van der Waals surface area contributed by atoms with Crippen molar-refractivity contribution in [2.45, 2.75) is 5.22 Å². The first kappa shape index (κ1) is 11.4. The molecule has 0 aliphatic heterocycles. The summed E-state index contributed by atoms with van der Waals surface area (Å²) < 4.78 is 5.11. The highest BCUT2D eigenvalue weighted by Crippen LogP contribution is 2.16. The number of hydrogen-bond donors (Lipinski definition) is 1. The minimum Gasteiger partial charge on any atom is -0.440 e. The SMILES string of the molecule is Clc1cccc(NCCSc2ncco2)c1. The van der Waals surface area contributed by atoms with Crippen LogP contribution in [0.4, 0.5) is 5.69 Å². The number of anilines is 1. The molecule has 0 saturated heterocycles. The molecule has 16 heavy (non-hydrogen) atoms. The Kier molecular flexibility index (Phi) is 4.13. The summed E-state index contributed by atoms with van der Waals surface area (Å²) in [5.41, 5.74) is 1.03. The van der Waals surface area contributed by atoms with Crippen molar-refractivity contribution in [3.63, 3.8) is 0 Å². The van der Waals surface area contributed by atoms with Gasteiger partial charge in [0.05, 0.1) is 6.20 Å². The molecule has 1 heterocycles. The zero-order valence-electron chi connectivity index (χ0n) is 8.52. The van der Waals surface area contributed by atoms with Gasteiger partial charge in [0.25, 0.3) is 5.22 Å². The molecule has 3 nitrogen and oxygen atoms in total. The number of thioether (sulfide) groups is 1. The van der Waals surface area contributed by atoms with Crippen LogP contribution in [0.2, 0.25) is 5.02 Å². The van der Waals surface area contributed by atoms with Gasteiger partial charge >= 0.3 is 0 Å². The molecule has 0 aliphatic carbocycles. The molecule has 1 aromatic heterocycles. The first-order chi connectivity index (χ1) is 7.84. The van der Waals surface area contributed by atoms with Gasteiger partial charge in [0.15, 0.2) is 0 Å². The lowest BCUT2D eigenvalue weighted by molar-refractivity contribution is 0.454. The molecule has 0 saturated carbocycles. The highest BCUT2D eigenvalue weighted by Gasteiger charge is 1.98. The second-order valence-corrected chi connectivity index (χ2v) is 4.57. The summed E-state index contributed by atoms with van der Waals surface area (Å²) in [5, 5.41) is 4.72. The average molecular weight is 255 g/mol. The van der Waals surface area contributed by atoms with Gasteiger partial charge in [0.1, 0.15) is 6.26 Å². The fraction of sp³-hybridized carbons (Fsp3) is 0.182. The third-order valence-electron chi connectivity index (χ3n) is 1.89. The largest absolute Gasteiger partial charge is 0.440 e. The highest BCUT2D eigenvalue weighted by molar-refractivity contribution is 7.99. The Balaban J connectivity index is 1.72. The Hall–Kier alpha value is -1.13. The van der Waals surface area contributed by atoms with E-state index in [1.165, 1.54) is 0 Å². The first-order valence-corrected chi connectivity index (χ1v) is 6.23. The minimum absolute atomic E-state index is 0.702. The van der Waals surface area contributed by atoms with E-state index in [2.05, 4.69) is 10.3 Å². The normalized spacial score (nSPS) is 10.3. The van der Waals surface area contributed by atoms with E-state index in [9.17, 15) is 0 Å². The van der Waals surface area contributed by atoms with Gasteiger partial charge in [-0.15, -0.1) is 0 Å². The van der Waals surface area contributed by atoms with E-state index in [4.69, 9.17) is 16.0 Å². The zero-order valence-corrected chi connectivity index (χ0v) is 10.1. The van der Waals surface area contributed by atoms with Crippen molar-refractivity contribution in [3.05, 3.63) is 41.7 Å². The van der Waals surface area contributed by atoms with Gasteiger partial charge in [-0.05, 0) is 18.2 Å². The molecule has 0 unspecified atom stereocenters. The molecule has 5 heteroatoms. The van der Waals surface area contributed by atoms with Crippen LogP contribution in [-0.2, 0) is 0 Å². The Morgan fingerprint density at radius 2 is 2.38 bits per heavy atom. The van der Waals surface area contributed by atoms with E-state index < -0.39 is 0 Å². The molecule has 0 radical (unpaired) electrons. The van der Waals surface area contributed by atoms with Gasteiger partial charge in [-0.3, -0.25) is 0 Å². The van der Waals surface area contributed by atoms with Gasteiger partial charge in [-0.2, -0.15) is 0 Å². The molecule has 1 aromatic carbocycles. The zero-order chi connectivity index (χ0) is 11.2. The number of nitrogens with one attached hydrogen (secondary N) is 1. The van der Waals surface area contributed by atoms with Crippen LogP contribution in [0, 0.1) is 0 Å². The number of hydrogen-bond acceptors (Lipinski definition) is 4. The highest BCUT2D eigenvalue weighted by atomic mass is 35.5. The number of halogens is 1. The maximum atomic E-state index is 5.87. The van der Waals surface area contributed by atoms with Crippen molar-refractivity contribution in [1.29, 1.82) is 0 Å². The van der Waals surface area contributed by atoms with Crippen molar-refractivity contribution in [2.24, 2.45) is 0 Å². The number of rotatable bonds is 5. The standard InChI is InChI=1S/C11H11ClN2OS/c12-9-2-1-3-10(8-9)13-5-7-16-11-14-4-6-15-11/h1-4,6,8,13H,5,7H2. The number of nitrogens with zero attached hydrogens (tertiary/aromatic N) is 1. The monoisotopic (exact) mass is 254 g/mol. The quantitative estimate of drug-likeness (QED) is 0.654. The lowest BCUT2D eigenvalue weighted by Gasteiger charge is -2.04. The van der Waals surface area contributed by atoms with Gasteiger partial charge in [0, 0.05) is 23.0 Å². The van der Waals surface area contributed by atoms with Crippen molar-refractivity contribution in [1.82, 2.24) is 4.98 Å². The maximum absolute atomic E-state index is 5.87. The van der Waals surface area contributed by atoms with Crippen LogP contribution in [-0.4, -0.2) is 17.3 Å². The first-order valence-electron chi connectivity index (χ1n) is 4.86. The predicted octanol–water partition coefficient (Wildman–Crippen LogP) is 3.53. The van der Waals surface area contributed by atoms with Crippen molar-refractivity contribution in [3.8, 4) is 0 Å². The molecule has 0 fully saturated rings. The molecular formula is C11H11ClN2OS. The van der Waals surface area contributed by atoms with Crippen LogP contribution in [0.25, 0.3) is 0 Å². The predicted molar refractivity (Wildman–Crippen MR) is 67.2 cm³/mol. The summed E-state index contributed by atoms with van der Waals surface area (Å²) in [5.74, 6) is 0.896. The van der Waals surface area contributed by atoms with E-state index in [1.807, 2.05) is 24.3 Å².